The predicted octanol–water partition coefficient (Wildman–Crippen LogP) is 1.94. The molecule has 3 nitrogen and oxygen atoms in total. The molecule has 0 rings (SSSR count). The van der Waals surface area contributed by atoms with Crippen LogP contribution < -0.4 is 0 Å². The lowest BCUT2D eigenvalue weighted by atomic mass is 10.2. The SMILES string of the molecule is [CH2]CCOCCOC(=O)C(C)(C)Br. The van der Waals surface area contributed by atoms with Crippen LogP contribution >= 0.6 is 15.9 Å². The second kappa shape index (κ2) is 6.38. The number of alkyl halides is 1. The number of ether oxygens (including phenoxy) is 2. The minimum atomic E-state index is -0.612. The Balaban J connectivity index is 3.38. The van der Waals surface area contributed by atoms with E-state index in [1.54, 1.807) is 13.8 Å². The van der Waals surface area contributed by atoms with E-state index in [1.807, 2.05) is 0 Å². The molecule has 0 amide bonds. The molecular formula is C9H16BrO3. The van der Waals surface area contributed by atoms with Crippen molar-refractivity contribution < 1.29 is 14.3 Å². The van der Waals surface area contributed by atoms with Crippen LogP contribution in [-0.4, -0.2) is 30.1 Å². The van der Waals surface area contributed by atoms with E-state index in [4.69, 9.17) is 9.47 Å². The largest absolute Gasteiger partial charge is 0.462 e. The summed E-state index contributed by atoms with van der Waals surface area (Å²) in [5, 5.41) is 0. The molecule has 0 spiro atoms. The lowest BCUT2D eigenvalue weighted by Crippen LogP contribution is -2.27. The summed E-state index contributed by atoms with van der Waals surface area (Å²) in [6.45, 7) is 8.44. The molecule has 0 N–H and O–H groups in total. The van der Waals surface area contributed by atoms with Gasteiger partial charge in [-0.15, -0.1) is 0 Å². The zero-order valence-electron chi connectivity index (χ0n) is 8.14. The molecule has 0 saturated carbocycles. The molecule has 77 valence electrons. The molecule has 4 heteroatoms. The Morgan fingerprint density at radius 3 is 2.46 bits per heavy atom. The van der Waals surface area contributed by atoms with Crippen LogP contribution in [0.15, 0.2) is 0 Å². The maximum atomic E-state index is 11.2. The maximum Gasteiger partial charge on any atom is 0.322 e. The van der Waals surface area contributed by atoms with Crippen LogP contribution in [0.4, 0.5) is 0 Å². The van der Waals surface area contributed by atoms with Crippen LogP contribution in [-0.2, 0) is 14.3 Å². The second-order valence-electron chi connectivity index (χ2n) is 3.07. The van der Waals surface area contributed by atoms with E-state index in [0.29, 0.717) is 19.8 Å². The molecule has 0 aromatic heterocycles. The fourth-order valence-corrected chi connectivity index (χ4v) is 0.683. The summed E-state index contributed by atoms with van der Waals surface area (Å²) in [6.07, 6.45) is 0.734. The monoisotopic (exact) mass is 251 g/mol. The molecule has 0 aliphatic carbocycles. The first kappa shape index (κ1) is 12.9. The molecule has 13 heavy (non-hydrogen) atoms. The van der Waals surface area contributed by atoms with Gasteiger partial charge in [0.1, 0.15) is 10.9 Å². The summed E-state index contributed by atoms with van der Waals surface area (Å²) in [5.41, 5.74) is 0. The maximum absolute atomic E-state index is 11.2. The highest BCUT2D eigenvalue weighted by Crippen LogP contribution is 2.17. The van der Waals surface area contributed by atoms with E-state index in [-0.39, 0.29) is 5.97 Å². The van der Waals surface area contributed by atoms with Gasteiger partial charge in [-0.1, -0.05) is 22.9 Å². The molecule has 1 radical (unpaired) electrons. The molecule has 0 atom stereocenters. The summed E-state index contributed by atoms with van der Waals surface area (Å²) in [4.78, 5) is 11.2. The third kappa shape index (κ3) is 7.02. The first-order chi connectivity index (χ1) is 5.98. The van der Waals surface area contributed by atoms with E-state index in [1.165, 1.54) is 0 Å². The predicted molar refractivity (Wildman–Crippen MR) is 54.8 cm³/mol. The molecule has 0 unspecified atom stereocenters. The summed E-state index contributed by atoms with van der Waals surface area (Å²) in [7, 11) is 0. The number of rotatable bonds is 6. The van der Waals surface area contributed by atoms with Crippen LogP contribution in [0.2, 0.25) is 0 Å². The van der Waals surface area contributed by atoms with Gasteiger partial charge in [-0.2, -0.15) is 0 Å². The number of carbonyl (C=O) groups is 1. The highest BCUT2D eigenvalue weighted by atomic mass is 79.9. The molecule has 0 saturated heterocycles. The average molecular weight is 252 g/mol. The zero-order chi connectivity index (χ0) is 10.3. The Morgan fingerprint density at radius 1 is 1.38 bits per heavy atom. The quantitative estimate of drug-likeness (QED) is 0.411. The van der Waals surface area contributed by atoms with E-state index in [2.05, 4.69) is 22.9 Å². The normalized spacial score (nSPS) is 11.4. The van der Waals surface area contributed by atoms with Crippen molar-refractivity contribution in [3.8, 4) is 0 Å². The molecular weight excluding hydrogens is 236 g/mol. The molecule has 0 aromatic rings. The number of hydrogen-bond donors (Lipinski definition) is 0. The van der Waals surface area contributed by atoms with Crippen LogP contribution in [0.3, 0.4) is 0 Å². The van der Waals surface area contributed by atoms with Crippen molar-refractivity contribution in [2.45, 2.75) is 24.6 Å². The number of carbonyl (C=O) groups excluding carboxylic acids is 1. The first-order valence-corrected chi connectivity index (χ1v) is 5.01. The zero-order valence-corrected chi connectivity index (χ0v) is 9.72. The van der Waals surface area contributed by atoms with Crippen molar-refractivity contribution in [3.63, 3.8) is 0 Å². The highest BCUT2D eigenvalue weighted by molar-refractivity contribution is 9.10. The lowest BCUT2D eigenvalue weighted by molar-refractivity contribution is -0.146. The van der Waals surface area contributed by atoms with Gasteiger partial charge in [0.25, 0.3) is 0 Å². The number of hydrogen-bond acceptors (Lipinski definition) is 3. The van der Waals surface area contributed by atoms with Crippen LogP contribution in [0, 0.1) is 6.92 Å². The minimum Gasteiger partial charge on any atom is -0.462 e. The van der Waals surface area contributed by atoms with Gasteiger partial charge in [-0.25, -0.2) is 0 Å². The van der Waals surface area contributed by atoms with Gasteiger partial charge >= 0.3 is 5.97 Å². The summed E-state index contributed by atoms with van der Waals surface area (Å²) < 4.78 is 9.40. The fourth-order valence-electron chi connectivity index (χ4n) is 0.569. The van der Waals surface area contributed by atoms with E-state index >= 15 is 0 Å². The van der Waals surface area contributed by atoms with Crippen molar-refractivity contribution >= 4 is 21.9 Å². The Morgan fingerprint density at radius 2 is 2.00 bits per heavy atom. The summed E-state index contributed by atoms with van der Waals surface area (Å²) in [5.74, 6) is -0.272. The summed E-state index contributed by atoms with van der Waals surface area (Å²) in [6, 6.07) is 0. The van der Waals surface area contributed by atoms with Gasteiger partial charge in [0, 0.05) is 6.61 Å². The molecule has 0 aliphatic heterocycles. The Hall–Kier alpha value is -0.0900. The Kier molecular flexibility index (Phi) is 6.33. The summed E-state index contributed by atoms with van der Waals surface area (Å²) >= 11 is 3.20. The fraction of sp³-hybridized carbons (Fsp3) is 0.778. The molecule has 0 aliphatic rings. The van der Waals surface area contributed by atoms with Crippen molar-refractivity contribution in [1.82, 2.24) is 0 Å². The van der Waals surface area contributed by atoms with E-state index in [9.17, 15) is 4.79 Å². The van der Waals surface area contributed by atoms with Gasteiger partial charge in [-0.05, 0) is 20.3 Å². The van der Waals surface area contributed by atoms with Crippen LogP contribution in [0.1, 0.15) is 20.3 Å². The Labute approximate surface area is 87.9 Å². The standard InChI is InChI=1S/C9H16BrO3/c1-4-5-12-6-7-13-8(11)9(2,3)10/h1,4-7H2,2-3H3. The van der Waals surface area contributed by atoms with Crippen molar-refractivity contribution in [2.75, 3.05) is 19.8 Å². The van der Waals surface area contributed by atoms with Gasteiger partial charge in [0.2, 0.25) is 0 Å². The lowest BCUT2D eigenvalue weighted by Gasteiger charge is -2.14. The van der Waals surface area contributed by atoms with Crippen molar-refractivity contribution in [1.29, 1.82) is 0 Å². The van der Waals surface area contributed by atoms with Crippen LogP contribution in [0.5, 0.6) is 0 Å². The molecule has 0 bridgehead atoms. The molecule has 0 aromatic carbocycles. The Bertz CT molecular complexity index is 151. The molecule has 0 heterocycles. The third-order valence-electron chi connectivity index (χ3n) is 1.23. The van der Waals surface area contributed by atoms with Crippen LogP contribution in [0.25, 0.3) is 0 Å². The minimum absolute atomic E-state index is 0.272. The third-order valence-corrected chi connectivity index (χ3v) is 1.56. The van der Waals surface area contributed by atoms with E-state index in [0.717, 1.165) is 6.42 Å². The van der Waals surface area contributed by atoms with E-state index < -0.39 is 4.32 Å². The van der Waals surface area contributed by atoms with Gasteiger partial charge in [0.05, 0.1) is 6.61 Å². The highest BCUT2D eigenvalue weighted by Gasteiger charge is 2.24. The molecule has 0 fully saturated rings. The number of halogens is 1. The first-order valence-electron chi connectivity index (χ1n) is 4.21. The van der Waals surface area contributed by atoms with Gasteiger partial charge in [0.15, 0.2) is 0 Å². The average Bonchev–Trinajstić information content (AvgIpc) is 2.02. The smallest absolute Gasteiger partial charge is 0.322 e. The van der Waals surface area contributed by atoms with Gasteiger partial charge < -0.3 is 9.47 Å². The number of esters is 1. The topological polar surface area (TPSA) is 35.5 Å². The second-order valence-corrected chi connectivity index (χ2v) is 5.06. The van der Waals surface area contributed by atoms with Crippen molar-refractivity contribution in [2.24, 2.45) is 0 Å². The van der Waals surface area contributed by atoms with Crippen molar-refractivity contribution in [3.05, 3.63) is 6.92 Å². The van der Waals surface area contributed by atoms with Gasteiger partial charge in [-0.3, -0.25) is 4.79 Å².